The van der Waals surface area contributed by atoms with Gasteiger partial charge in [-0.05, 0) is 31.0 Å². The summed E-state index contributed by atoms with van der Waals surface area (Å²) in [4.78, 5) is 16.0. The van der Waals surface area contributed by atoms with E-state index in [0.29, 0.717) is 18.2 Å². The Kier molecular flexibility index (Phi) is 4.98. The molecule has 1 amide bonds. The minimum atomic E-state index is -0.0530. The van der Waals surface area contributed by atoms with Gasteiger partial charge in [-0.3, -0.25) is 4.79 Å². The number of nitrogens with zero attached hydrogens (tertiary/aromatic N) is 1. The van der Waals surface area contributed by atoms with Gasteiger partial charge in [0.25, 0.3) is 0 Å². The molecule has 5 nitrogen and oxygen atoms in total. The molecule has 0 aliphatic heterocycles. The zero-order valence-corrected chi connectivity index (χ0v) is 12.6. The Labute approximate surface area is 124 Å². The third kappa shape index (κ3) is 4.34. The van der Waals surface area contributed by atoms with E-state index in [0.717, 1.165) is 23.4 Å². The number of benzene rings is 1. The molecule has 1 N–H and O–H groups in total. The van der Waals surface area contributed by atoms with Gasteiger partial charge in [-0.15, -0.1) is 0 Å². The minimum Gasteiger partial charge on any atom is -0.497 e. The van der Waals surface area contributed by atoms with E-state index in [1.54, 1.807) is 14.0 Å². The topological polar surface area (TPSA) is 64.4 Å². The number of ether oxygens (including phenoxy) is 1. The molecule has 0 fully saturated rings. The fraction of sp³-hybridized carbons (Fsp3) is 0.375. The molecule has 0 bridgehead atoms. The molecule has 2 rings (SSSR count). The summed E-state index contributed by atoms with van der Waals surface area (Å²) in [6.45, 7) is 4.21. The number of rotatable bonds is 6. The number of carbonyl (C=O) groups excluding carboxylic acids is 1. The largest absolute Gasteiger partial charge is 0.497 e. The van der Waals surface area contributed by atoms with Crippen molar-refractivity contribution in [1.82, 2.24) is 10.3 Å². The Balaban J connectivity index is 1.77. The van der Waals surface area contributed by atoms with Gasteiger partial charge in [0.15, 0.2) is 5.89 Å². The van der Waals surface area contributed by atoms with Crippen LogP contribution in [0.15, 0.2) is 28.7 Å². The summed E-state index contributed by atoms with van der Waals surface area (Å²) in [7, 11) is 1.64. The van der Waals surface area contributed by atoms with Crippen LogP contribution in [0.1, 0.15) is 22.9 Å². The number of amides is 1. The van der Waals surface area contributed by atoms with Gasteiger partial charge in [0, 0.05) is 13.5 Å². The summed E-state index contributed by atoms with van der Waals surface area (Å²) in [6.07, 6.45) is 1.01. The number of aryl methyl sites for hydroxylation is 2. The van der Waals surface area contributed by atoms with Gasteiger partial charge in [-0.2, -0.15) is 0 Å². The Morgan fingerprint density at radius 2 is 2.00 bits per heavy atom. The summed E-state index contributed by atoms with van der Waals surface area (Å²) >= 11 is 0. The van der Waals surface area contributed by atoms with E-state index in [2.05, 4.69) is 10.3 Å². The SMILES string of the molecule is COc1ccc(CCNC(=O)Cc2oc(C)nc2C)cc1. The van der Waals surface area contributed by atoms with E-state index in [9.17, 15) is 4.79 Å². The van der Waals surface area contributed by atoms with Crippen LogP contribution >= 0.6 is 0 Å². The highest BCUT2D eigenvalue weighted by atomic mass is 16.5. The van der Waals surface area contributed by atoms with Crippen LogP contribution in [0.25, 0.3) is 0 Å². The van der Waals surface area contributed by atoms with Gasteiger partial charge in [0.05, 0.1) is 19.2 Å². The molecule has 21 heavy (non-hydrogen) atoms. The molecule has 0 atom stereocenters. The van der Waals surface area contributed by atoms with Crippen LogP contribution in [0.3, 0.4) is 0 Å². The number of oxazole rings is 1. The Morgan fingerprint density at radius 1 is 1.29 bits per heavy atom. The quantitative estimate of drug-likeness (QED) is 0.885. The maximum atomic E-state index is 11.8. The molecule has 0 saturated heterocycles. The summed E-state index contributed by atoms with van der Waals surface area (Å²) in [5, 5.41) is 2.89. The summed E-state index contributed by atoms with van der Waals surface area (Å²) in [5.41, 5.74) is 1.93. The van der Waals surface area contributed by atoms with Crippen molar-refractivity contribution in [2.75, 3.05) is 13.7 Å². The second-order valence-corrected chi connectivity index (χ2v) is 4.87. The summed E-state index contributed by atoms with van der Waals surface area (Å²) in [6, 6.07) is 7.82. The van der Waals surface area contributed by atoms with Crippen LogP contribution in [0, 0.1) is 13.8 Å². The molecule has 1 aromatic carbocycles. The van der Waals surface area contributed by atoms with Gasteiger partial charge in [-0.1, -0.05) is 12.1 Å². The Hall–Kier alpha value is -2.30. The highest BCUT2D eigenvalue weighted by Crippen LogP contribution is 2.12. The van der Waals surface area contributed by atoms with E-state index >= 15 is 0 Å². The first-order chi connectivity index (χ1) is 10.1. The van der Waals surface area contributed by atoms with Crippen LogP contribution < -0.4 is 10.1 Å². The van der Waals surface area contributed by atoms with Crippen LogP contribution in [0.5, 0.6) is 5.75 Å². The molecule has 0 spiro atoms. The monoisotopic (exact) mass is 288 g/mol. The highest BCUT2D eigenvalue weighted by Gasteiger charge is 2.11. The van der Waals surface area contributed by atoms with Crippen molar-refractivity contribution in [2.24, 2.45) is 0 Å². The second-order valence-electron chi connectivity index (χ2n) is 4.87. The van der Waals surface area contributed by atoms with Crippen molar-refractivity contribution in [2.45, 2.75) is 26.7 Å². The zero-order chi connectivity index (χ0) is 15.2. The number of aromatic nitrogens is 1. The number of nitrogens with one attached hydrogen (secondary N) is 1. The Morgan fingerprint density at radius 3 is 2.57 bits per heavy atom. The highest BCUT2D eigenvalue weighted by molar-refractivity contribution is 5.78. The first-order valence-corrected chi connectivity index (χ1v) is 6.91. The van der Waals surface area contributed by atoms with Gasteiger partial charge in [0.2, 0.25) is 5.91 Å². The van der Waals surface area contributed by atoms with E-state index in [1.165, 1.54) is 0 Å². The number of hydrogen-bond acceptors (Lipinski definition) is 4. The molecule has 0 aliphatic rings. The third-order valence-corrected chi connectivity index (χ3v) is 3.22. The predicted octanol–water partition coefficient (Wildman–Crippen LogP) is 2.20. The maximum absolute atomic E-state index is 11.8. The van der Waals surface area contributed by atoms with Crippen molar-refractivity contribution in [3.63, 3.8) is 0 Å². The first-order valence-electron chi connectivity index (χ1n) is 6.91. The van der Waals surface area contributed by atoms with Crippen LogP contribution in [0.2, 0.25) is 0 Å². The molecule has 2 aromatic rings. The molecule has 112 valence electrons. The smallest absolute Gasteiger partial charge is 0.227 e. The van der Waals surface area contributed by atoms with Crippen molar-refractivity contribution in [1.29, 1.82) is 0 Å². The van der Waals surface area contributed by atoms with Crippen molar-refractivity contribution < 1.29 is 13.9 Å². The molecule has 0 saturated carbocycles. The molecular formula is C16H20N2O3. The zero-order valence-electron chi connectivity index (χ0n) is 12.6. The standard InChI is InChI=1S/C16H20N2O3/c1-11-15(21-12(2)18-11)10-16(19)17-9-8-13-4-6-14(20-3)7-5-13/h4-7H,8-10H2,1-3H3,(H,17,19). The van der Waals surface area contributed by atoms with Gasteiger partial charge in [0.1, 0.15) is 11.5 Å². The van der Waals surface area contributed by atoms with Gasteiger partial charge < -0.3 is 14.5 Å². The molecule has 0 aliphatic carbocycles. The van der Waals surface area contributed by atoms with E-state index in [1.807, 2.05) is 31.2 Å². The fourth-order valence-corrected chi connectivity index (χ4v) is 2.08. The van der Waals surface area contributed by atoms with Crippen molar-refractivity contribution in [3.05, 3.63) is 47.2 Å². The molecule has 5 heteroatoms. The number of carbonyl (C=O) groups is 1. The lowest BCUT2D eigenvalue weighted by Crippen LogP contribution is -2.27. The third-order valence-electron chi connectivity index (χ3n) is 3.22. The molecule has 1 aromatic heterocycles. The second kappa shape index (κ2) is 6.92. The predicted molar refractivity (Wildman–Crippen MR) is 79.4 cm³/mol. The lowest BCUT2D eigenvalue weighted by molar-refractivity contribution is -0.120. The molecule has 1 heterocycles. The number of methoxy groups -OCH3 is 1. The number of hydrogen-bond donors (Lipinski definition) is 1. The van der Waals surface area contributed by atoms with Crippen molar-refractivity contribution in [3.8, 4) is 5.75 Å². The first kappa shape index (κ1) is 15.1. The Bertz CT molecular complexity index is 602. The maximum Gasteiger partial charge on any atom is 0.227 e. The van der Waals surface area contributed by atoms with Crippen LogP contribution in [-0.2, 0) is 17.6 Å². The van der Waals surface area contributed by atoms with E-state index in [4.69, 9.17) is 9.15 Å². The lowest BCUT2D eigenvalue weighted by Gasteiger charge is -2.05. The average molecular weight is 288 g/mol. The normalized spacial score (nSPS) is 10.4. The van der Waals surface area contributed by atoms with Crippen LogP contribution in [-0.4, -0.2) is 24.5 Å². The summed E-state index contributed by atoms with van der Waals surface area (Å²) in [5.74, 6) is 2.00. The summed E-state index contributed by atoms with van der Waals surface area (Å²) < 4.78 is 10.5. The lowest BCUT2D eigenvalue weighted by atomic mass is 10.1. The molecule has 0 radical (unpaired) electrons. The van der Waals surface area contributed by atoms with E-state index in [-0.39, 0.29) is 12.3 Å². The average Bonchev–Trinajstić information content (AvgIpc) is 2.77. The molecule has 0 unspecified atom stereocenters. The van der Waals surface area contributed by atoms with E-state index < -0.39 is 0 Å². The van der Waals surface area contributed by atoms with Gasteiger partial charge >= 0.3 is 0 Å². The molecular weight excluding hydrogens is 268 g/mol. The fourth-order valence-electron chi connectivity index (χ4n) is 2.08. The van der Waals surface area contributed by atoms with Crippen molar-refractivity contribution >= 4 is 5.91 Å². The minimum absolute atomic E-state index is 0.0530. The van der Waals surface area contributed by atoms with Gasteiger partial charge in [-0.25, -0.2) is 4.98 Å². The van der Waals surface area contributed by atoms with Crippen LogP contribution in [0.4, 0.5) is 0 Å².